The van der Waals surface area contributed by atoms with E-state index in [0.29, 0.717) is 16.3 Å². The molecule has 0 radical (unpaired) electrons. The van der Waals surface area contributed by atoms with Crippen LogP contribution in [0.15, 0.2) is 30.5 Å². The predicted octanol–water partition coefficient (Wildman–Crippen LogP) is 3.49. The summed E-state index contributed by atoms with van der Waals surface area (Å²) in [5.74, 6) is -0.0132. The summed E-state index contributed by atoms with van der Waals surface area (Å²) in [7, 11) is 0. The Labute approximate surface area is 111 Å². The molecule has 1 heterocycles. The summed E-state index contributed by atoms with van der Waals surface area (Å²) in [6, 6.07) is 7.07. The number of aryl methyl sites for hydroxylation is 2. The lowest BCUT2D eigenvalue weighted by molar-refractivity contribution is 0.102. The fourth-order valence-corrected chi connectivity index (χ4v) is 1.97. The van der Waals surface area contributed by atoms with E-state index in [1.165, 1.54) is 0 Å². The van der Waals surface area contributed by atoms with Crippen LogP contribution in [-0.4, -0.2) is 15.6 Å². The highest BCUT2D eigenvalue weighted by atomic mass is 35.5. The third-order valence-electron chi connectivity index (χ3n) is 2.80. The molecule has 0 bridgehead atoms. The molecule has 0 amide bonds. The van der Waals surface area contributed by atoms with Gasteiger partial charge in [0, 0.05) is 23.3 Å². The number of aromatic nitrogens is 2. The highest BCUT2D eigenvalue weighted by molar-refractivity contribution is 6.31. The van der Waals surface area contributed by atoms with E-state index in [1.54, 1.807) is 29.1 Å². The van der Waals surface area contributed by atoms with Gasteiger partial charge in [-0.15, -0.1) is 0 Å². The third kappa shape index (κ3) is 2.46. The fraction of sp³-hybridized carbons (Fsp3) is 0.286. The smallest absolute Gasteiger partial charge is 0.211 e. The minimum absolute atomic E-state index is 0.0132. The zero-order valence-electron chi connectivity index (χ0n) is 10.5. The van der Waals surface area contributed by atoms with Crippen LogP contribution in [-0.2, 0) is 6.54 Å². The first-order valence-corrected chi connectivity index (χ1v) is 6.34. The molecule has 0 aliphatic rings. The maximum absolute atomic E-state index is 12.4. The molecule has 0 fully saturated rings. The van der Waals surface area contributed by atoms with Gasteiger partial charge in [-0.3, -0.25) is 9.48 Å². The second-order valence-corrected chi connectivity index (χ2v) is 4.64. The van der Waals surface area contributed by atoms with Crippen molar-refractivity contribution in [3.05, 3.63) is 52.3 Å². The third-order valence-corrected chi connectivity index (χ3v) is 3.23. The number of halogens is 1. The molecule has 0 aliphatic heterocycles. The predicted molar refractivity (Wildman–Crippen MR) is 72.1 cm³/mol. The Hall–Kier alpha value is -1.61. The van der Waals surface area contributed by atoms with Crippen molar-refractivity contribution in [1.82, 2.24) is 9.78 Å². The Morgan fingerprint density at radius 1 is 1.39 bits per heavy atom. The summed E-state index contributed by atoms with van der Waals surface area (Å²) < 4.78 is 1.74. The summed E-state index contributed by atoms with van der Waals surface area (Å²) in [5.41, 5.74) is 2.18. The second-order valence-electron chi connectivity index (χ2n) is 4.23. The van der Waals surface area contributed by atoms with Crippen LogP contribution in [0, 0.1) is 6.92 Å². The highest BCUT2D eigenvalue weighted by Gasteiger charge is 2.14. The van der Waals surface area contributed by atoms with E-state index in [4.69, 9.17) is 11.6 Å². The van der Waals surface area contributed by atoms with E-state index in [-0.39, 0.29) is 5.78 Å². The molecule has 1 aromatic heterocycles. The van der Waals surface area contributed by atoms with Gasteiger partial charge in [0.05, 0.1) is 0 Å². The summed E-state index contributed by atoms with van der Waals surface area (Å²) in [6.07, 6.45) is 2.60. The molecular formula is C14H15ClN2O. The lowest BCUT2D eigenvalue weighted by Gasteiger charge is -2.06. The Morgan fingerprint density at radius 2 is 2.17 bits per heavy atom. The number of hydrogen-bond acceptors (Lipinski definition) is 2. The van der Waals surface area contributed by atoms with E-state index in [1.807, 2.05) is 13.0 Å². The van der Waals surface area contributed by atoms with Gasteiger partial charge in [-0.05, 0) is 43.2 Å². The number of hydrogen-bond donors (Lipinski definition) is 0. The monoisotopic (exact) mass is 262 g/mol. The summed E-state index contributed by atoms with van der Waals surface area (Å²) in [5, 5.41) is 4.84. The minimum atomic E-state index is -0.0132. The Kier molecular flexibility index (Phi) is 3.82. The largest absolute Gasteiger partial charge is 0.287 e. The molecule has 0 aliphatic carbocycles. The van der Waals surface area contributed by atoms with Gasteiger partial charge in [0.15, 0.2) is 0 Å². The van der Waals surface area contributed by atoms with Gasteiger partial charge in [-0.25, -0.2) is 0 Å². The maximum atomic E-state index is 12.4. The van der Waals surface area contributed by atoms with Crippen LogP contribution in [0.25, 0.3) is 0 Å². The molecule has 0 saturated heterocycles. The molecule has 0 spiro atoms. The maximum Gasteiger partial charge on any atom is 0.211 e. The highest BCUT2D eigenvalue weighted by Crippen LogP contribution is 2.18. The van der Waals surface area contributed by atoms with Crippen LogP contribution >= 0.6 is 11.6 Å². The van der Waals surface area contributed by atoms with Crippen molar-refractivity contribution >= 4 is 17.4 Å². The van der Waals surface area contributed by atoms with Crippen molar-refractivity contribution < 1.29 is 4.79 Å². The fourth-order valence-electron chi connectivity index (χ4n) is 1.85. The minimum Gasteiger partial charge on any atom is -0.287 e. The summed E-state index contributed by atoms with van der Waals surface area (Å²) >= 11 is 5.96. The van der Waals surface area contributed by atoms with Crippen molar-refractivity contribution in [1.29, 1.82) is 0 Å². The molecule has 3 nitrogen and oxygen atoms in total. The van der Waals surface area contributed by atoms with E-state index in [9.17, 15) is 4.79 Å². The number of carbonyl (C=O) groups is 1. The molecule has 2 rings (SSSR count). The van der Waals surface area contributed by atoms with Crippen molar-refractivity contribution in [2.75, 3.05) is 0 Å². The normalized spacial score (nSPS) is 10.6. The molecule has 0 saturated carbocycles. The Morgan fingerprint density at radius 3 is 2.83 bits per heavy atom. The zero-order valence-corrected chi connectivity index (χ0v) is 11.2. The molecule has 2 aromatic rings. The van der Waals surface area contributed by atoms with Crippen LogP contribution in [0.2, 0.25) is 5.02 Å². The number of nitrogens with zero attached hydrogens (tertiary/aromatic N) is 2. The van der Waals surface area contributed by atoms with E-state index in [0.717, 1.165) is 18.5 Å². The van der Waals surface area contributed by atoms with Gasteiger partial charge in [0.2, 0.25) is 5.78 Å². The number of carbonyl (C=O) groups excluding carboxylic acids is 1. The number of benzene rings is 1. The van der Waals surface area contributed by atoms with E-state index >= 15 is 0 Å². The second kappa shape index (κ2) is 5.36. The van der Waals surface area contributed by atoms with Crippen LogP contribution < -0.4 is 0 Å². The van der Waals surface area contributed by atoms with Crippen molar-refractivity contribution in [3.63, 3.8) is 0 Å². The van der Waals surface area contributed by atoms with E-state index < -0.39 is 0 Å². The number of ketones is 1. The Balaban J connectivity index is 2.35. The lowest BCUT2D eigenvalue weighted by Crippen LogP contribution is -2.11. The molecule has 1 aromatic carbocycles. The standard InChI is InChI=1S/C14H15ClN2O/c1-3-8-17-13(6-7-16-17)14(18)11-4-5-12(15)10(2)9-11/h4-7,9H,3,8H2,1-2H3. The average Bonchev–Trinajstić information content (AvgIpc) is 2.80. The van der Waals surface area contributed by atoms with Gasteiger partial charge >= 0.3 is 0 Å². The van der Waals surface area contributed by atoms with Crippen LogP contribution in [0.4, 0.5) is 0 Å². The molecule has 4 heteroatoms. The molecule has 0 unspecified atom stereocenters. The number of rotatable bonds is 4. The van der Waals surface area contributed by atoms with Crippen molar-refractivity contribution in [2.24, 2.45) is 0 Å². The summed E-state index contributed by atoms with van der Waals surface area (Å²) in [4.78, 5) is 12.4. The lowest BCUT2D eigenvalue weighted by atomic mass is 10.1. The van der Waals surface area contributed by atoms with Gasteiger partial charge in [-0.2, -0.15) is 5.10 Å². The molecule has 0 N–H and O–H groups in total. The van der Waals surface area contributed by atoms with Gasteiger partial charge < -0.3 is 0 Å². The van der Waals surface area contributed by atoms with Gasteiger partial charge in [-0.1, -0.05) is 18.5 Å². The quantitative estimate of drug-likeness (QED) is 0.791. The molecular weight excluding hydrogens is 248 g/mol. The first-order valence-electron chi connectivity index (χ1n) is 5.96. The average molecular weight is 263 g/mol. The van der Waals surface area contributed by atoms with Crippen LogP contribution in [0.5, 0.6) is 0 Å². The zero-order chi connectivity index (χ0) is 13.1. The summed E-state index contributed by atoms with van der Waals surface area (Å²) in [6.45, 7) is 4.70. The first-order chi connectivity index (χ1) is 8.63. The topological polar surface area (TPSA) is 34.9 Å². The van der Waals surface area contributed by atoms with Gasteiger partial charge in [0.25, 0.3) is 0 Å². The van der Waals surface area contributed by atoms with Crippen molar-refractivity contribution in [3.8, 4) is 0 Å². The molecule has 94 valence electrons. The Bertz CT molecular complexity index is 575. The van der Waals surface area contributed by atoms with Crippen molar-refractivity contribution in [2.45, 2.75) is 26.8 Å². The molecule has 0 atom stereocenters. The van der Waals surface area contributed by atoms with Gasteiger partial charge in [0.1, 0.15) is 5.69 Å². The van der Waals surface area contributed by atoms with Crippen LogP contribution in [0.3, 0.4) is 0 Å². The first kappa shape index (κ1) is 12.8. The van der Waals surface area contributed by atoms with Crippen LogP contribution in [0.1, 0.15) is 35.0 Å². The van der Waals surface area contributed by atoms with E-state index in [2.05, 4.69) is 12.0 Å². The molecule has 18 heavy (non-hydrogen) atoms. The SMILES string of the molecule is CCCn1nccc1C(=O)c1ccc(Cl)c(C)c1.